The first-order valence-electron chi connectivity index (χ1n) is 4.84. The second-order valence-corrected chi connectivity index (χ2v) is 4.35. The van der Waals surface area contributed by atoms with E-state index in [2.05, 4.69) is 26.0 Å². The first-order chi connectivity index (χ1) is 7.81. The molecule has 16 heavy (non-hydrogen) atoms. The lowest BCUT2D eigenvalue weighted by molar-refractivity contribution is 0.517. The minimum absolute atomic E-state index is 0.617. The summed E-state index contributed by atoms with van der Waals surface area (Å²) in [5.41, 5.74) is 0.838. The van der Waals surface area contributed by atoms with Crippen LogP contribution in [0.1, 0.15) is 11.6 Å². The van der Waals surface area contributed by atoms with Crippen molar-refractivity contribution < 1.29 is 4.42 Å². The van der Waals surface area contributed by atoms with Gasteiger partial charge in [-0.1, -0.05) is 0 Å². The molecule has 0 saturated heterocycles. The summed E-state index contributed by atoms with van der Waals surface area (Å²) in [5.74, 6) is 1.63. The van der Waals surface area contributed by atoms with E-state index in [0.29, 0.717) is 6.42 Å². The molecule has 0 aliphatic heterocycles. The molecule has 5 heteroatoms. The molecule has 0 aliphatic rings. The van der Waals surface area contributed by atoms with E-state index in [1.165, 1.54) is 0 Å². The van der Waals surface area contributed by atoms with Gasteiger partial charge in [-0.25, -0.2) is 9.50 Å². The molecule has 0 spiro atoms. The summed E-state index contributed by atoms with van der Waals surface area (Å²) in [4.78, 5) is 4.40. The molecule has 0 saturated carbocycles. The Bertz CT molecular complexity index is 615. The monoisotopic (exact) mass is 277 g/mol. The molecule has 3 heterocycles. The first-order valence-corrected chi connectivity index (χ1v) is 5.64. The summed E-state index contributed by atoms with van der Waals surface area (Å²) in [6, 6.07) is 7.65. The molecule has 0 fully saturated rings. The van der Waals surface area contributed by atoms with Crippen molar-refractivity contribution in [3.63, 3.8) is 0 Å². The van der Waals surface area contributed by atoms with Crippen molar-refractivity contribution in [3.8, 4) is 0 Å². The summed E-state index contributed by atoms with van der Waals surface area (Å²) in [7, 11) is 0. The molecule has 0 amide bonds. The van der Waals surface area contributed by atoms with Gasteiger partial charge in [-0.15, -0.1) is 0 Å². The van der Waals surface area contributed by atoms with E-state index in [0.717, 1.165) is 21.7 Å². The average molecular weight is 278 g/mol. The van der Waals surface area contributed by atoms with Crippen molar-refractivity contribution in [1.29, 1.82) is 0 Å². The van der Waals surface area contributed by atoms with Gasteiger partial charge in [-0.3, -0.25) is 0 Å². The first kappa shape index (κ1) is 9.59. The number of aromatic nitrogens is 3. The van der Waals surface area contributed by atoms with Crippen LogP contribution in [0.5, 0.6) is 0 Å². The van der Waals surface area contributed by atoms with Gasteiger partial charge in [0.05, 0.1) is 12.7 Å². The second-order valence-electron chi connectivity index (χ2n) is 3.43. The van der Waals surface area contributed by atoms with Crippen molar-refractivity contribution >= 4 is 21.6 Å². The normalized spacial score (nSPS) is 11.1. The van der Waals surface area contributed by atoms with E-state index in [1.54, 1.807) is 10.8 Å². The Morgan fingerprint density at radius 1 is 1.31 bits per heavy atom. The Kier molecular flexibility index (Phi) is 2.25. The molecule has 3 rings (SSSR count). The third-order valence-electron chi connectivity index (χ3n) is 2.25. The fourth-order valence-electron chi connectivity index (χ4n) is 1.55. The molecule has 0 radical (unpaired) electrons. The molecule has 0 unspecified atom stereocenters. The highest BCUT2D eigenvalue weighted by atomic mass is 79.9. The number of fused-ring (bicyclic) bond motifs is 1. The lowest BCUT2D eigenvalue weighted by atomic mass is 10.3. The molecule has 0 bridgehead atoms. The topological polar surface area (TPSA) is 43.3 Å². The van der Waals surface area contributed by atoms with E-state index in [4.69, 9.17) is 4.42 Å². The van der Waals surface area contributed by atoms with E-state index >= 15 is 0 Å². The highest BCUT2D eigenvalue weighted by molar-refractivity contribution is 9.10. The van der Waals surface area contributed by atoms with E-state index in [9.17, 15) is 0 Å². The van der Waals surface area contributed by atoms with Gasteiger partial charge in [0, 0.05) is 10.7 Å². The Labute approximate surface area is 100 Å². The van der Waals surface area contributed by atoms with Crippen LogP contribution in [-0.4, -0.2) is 14.6 Å². The smallest absolute Gasteiger partial charge is 0.159 e. The molecule has 3 aromatic rings. The summed E-state index contributed by atoms with van der Waals surface area (Å²) in [6.07, 6.45) is 4.15. The Morgan fingerprint density at radius 2 is 2.25 bits per heavy atom. The molecule has 0 aromatic carbocycles. The van der Waals surface area contributed by atoms with Crippen molar-refractivity contribution in [2.45, 2.75) is 6.42 Å². The Morgan fingerprint density at radius 3 is 3.06 bits per heavy atom. The van der Waals surface area contributed by atoms with Crippen LogP contribution in [0.3, 0.4) is 0 Å². The van der Waals surface area contributed by atoms with Gasteiger partial charge in [0.25, 0.3) is 0 Å². The number of furan rings is 1. The van der Waals surface area contributed by atoms with Crippen LogP contribution in [0, 0.1) is 0 Å². The van der Waals surface area contributed by atoms with E-state index < -0.39 is 0 Å². The maximum atomic E-state index is 5.26. The highest BCUT2D eigenvalue weighted by Gasteiger charge is 2.06. The van der Waals surface area contributed by atoms with Crippen LogP contribution in [0.15, 0.2) is 45.6 Å². The molecule has 4 nitrogen and oxygen atoms in total. The molecule has 0 atom stereocenters. The van der Waals surface area contributed by atoms with Crippen LogP contribution in [0.25, 0.3) is 5.65 Å². The zero-order valence-corrected chi connectivity index (χ0v) is 9.89. The Balaban J connectivity index is 1.99. The molecule has 3 aromatic heterocycles. The third kappa shape index (κ3) is 1.74. The number of halogens is 1. The lowest BCUT2D eigenvalue weighted by Crippen LogP contribution is -1.90. The third-order valence-corrected chi connectivity index (χ3v) is 2.72. The largest absolute Gasteiger partial charge is 0.469 e. The van der Waals surface area contributed by atoms with Crippen LogP contribution >= 0.6 is 15.9 Å². The van der Waals surface area contributed by atoms with E-state index in [1.807, 2.05) is 30.5 Å². The number of hydrogen-bond acceptors (Lipinski definition) is 3. The van der Waals surface area contributed by atoms with Gasteiger partial charge in [0.2, 0.25) is 0 Å². The minimum Gasteiger partial charge on any atom is -0.469 e. The zero-order valence-electron chi connectivity index (χ0n) is 8.30. The maximum absolute atomic E-state index is 5.26. The lowest BCUT2D eigenvalue weighted by Gasteiger charge is -1.90. The van der Waals surface area contributed by atoms with Crippen molar-refractivity contribution in [2.24, 2.45) is 0 Å². The predicted molar refractivity (Wildman–Crippen MR) is 62.2 cm³/mol. The summed E-state index contributed by atoms with van der Waals surface area (Å²) < 4.78 is 7.99. The van der Waals surface area contributed by atoms with Crippen LogP contribution in [0.4, 0.5) is 0 Å². The molecule has 80 valence electrons. The van der Waals surface area contributed by atoms with Crippen molar-refractivity contribution in [2.75, 3.05) is 0 Å². The number of hydrogen-bond donors (Lipinski definition) is 0. The summed E-state index contributed by atoms with van der Waals surface area (Å²) in [6.45, 7) is 0. The average Bonchev–Trinajstić information content (AvgIpc) is 2.86. The van der Waals surface area contributed by atoms with Crippen LogP contribution in [-0.2, 0) is 6.42 Å². The fraction of sp³-hybridized carbons (Fsp3) is 0.0909. The van der Waals surface area contributed by atoms with Gasteiger partial charge < -0.3 is 4.42 Å². The van der Waals surface area contributed by atoms with Crippen molar-refractivity contribution in [3.05, 3.63) is 52.8 Å². The summed E-state index contributed by atoms with van der Waals surface area (Å²) >= 11 is 3.40. The van der Waals surface area contributed by atoms with Gasteiger partial charge in [-0.2, -0.15) is 5.10 Å². The number of pyridine rings is 1. The summed E-state index contributed by atoms with van der Waals surface area (Å²) in [5, 5.41) is 4.36. The fourth-order valence-corrected chi connectivity index (χ4v) is 1.87. The predicted octanol–water partition coefficient (Wildman–Crippen LogP) is 2.68. The van der Waals surface area contributed by atoms with Crippen molar-refractivity contribution in [1.82, 2.24) is 14.6 Å². The number of nitrogens with zero attached hydrogens (tertiary/aromatic N) is 3. The molecular formula is C11H8BrN3O. The Hall–Kier alpha value is -1.62. The zero-order chi connectivity index (χ0) is 11.0. The van der Waals surface area contributed by atoms with Gasteiger partial charge in [0.15, 0.2) is 11.5 Å². The quantitative estimate of drug-likeness (QED) is 0.723. The number of rotatable bonds is 2. The standard InChI is InChI=1S/C11H8BrN3O/c12-8-3-4-11-13-10(14-15(11)7-8)6-9-2-1-5-16-9/h1-5,7H,6H2. The second kappa shape index (κ2) is 3.75. The SMILES string of the molecule is Brc1ccc2nc(Cc3ccco3)nn2c1. The molecule has 0 N–H and O–H groups in total. The highest BCUT2D eigenvalue weighted by Crippen LogP contribution is 2.12. The van der Waals surface area contributed by atoms with E-state index in [-0.39, 0.29) is 0 Å². The van der Waals surface area contributed by atoms with Crippen LogP contribution in [0.2, 0.25) is 0 Å². The van der Waals surface area contributed by atoms with Gasteiger partial charge in [0.1, 0.15) is 5.76 Å². The molecule has 0 aliphatic carbocycles. The van der Waals surface area contributed by atoms with Crippen LogP contribution < -0.4 is 0 Å². The van der Waals surface area contributed by atoms with Gasteiger partial charge in [-0.05, 0) is 40.2 Å². The minimum atomic E-state index is 0.617. The maximum Gasteiger partial charge on any atom is 0.159 e. The molecular weight excluding hydrogens is 270 g/mol. The van der Waals surface area contributed by atoms with Gasteiger partial charge >= 0.3 is 0 Å².